The fraction of sp³-hybridized carbons (Fsp3) is 0.250. The van der Waals surface area contributed by atoms with Gasteiger partial charge >= 0.3 is 0 Å². The minimum Gasteiger partial charge on any atom is -0.508 e. The van der Waals surface area contributed by atoms with Gasteiger partial charge in [-0.05, 0) is 73.0 Å². The van der Waals surface area contributed by atoms with Gasteiger partial charge in [0.05, 0.1) is 18.0 Å². The summed E-state index contributed by atoms with van der Waals surface area (Å²) in [4.78, 5) is 15.2. The van der Waals surface area contributed by atoms with Crippen LogP contribution in [0.3, 0.4) is 0 Å². The van der Waals surface area contributed by atoms with Crippen molar-refractivity contribution in [2.24, 2.45) is 0 Å². The molecule has 0 spiro atoms. The summed E-state index contributed by atoms with van der Waals surface area (Å²) in [6, 6.07) is 17.8. The van der Waals surface area contributed by atoms with Crippen LogP contribution in [0, 0.1) is 12.3 Å². The molecule has 0 radical (unpaired) electrons. The van der Waals surface area contributed by atoms with Crippen molar-refractivity contribution in [3.8, 4) is 23.8 Å². The second-order valence-corrected chi connectivity index (χ2v) is 10.5. The Bertz CT molecular complexity index is 1350. The number of benzene rings is 3. The first-order chi connectivity index (χ1) is 17.7. The summed E-state index contributed by atoms with van der Waals surface area (Å²) in [6.45, 7) is 3.05. The average molecular weight is 541 g/mol. The number of carbonyl (C=O) groups excluding carboxylic acids is 1. The van der Waals surface area contributed by atoms with Crippen LogP contribution < -0.4 is 9.46 Å². The molecule has 9 heteroatoms. The molecule has 0 saturated carbocycles. The number of amides is 1. The van der Waals surface area contributed by atoms with Crippen molar-refractivity contribution < 1.29 is 23.1 Å². The molecule has 0 aliphatic heterocycles. The topological polar surface area (TPSA) is 95.9 Å². The lowest BCUT2D eigenvalue weighted by molar-refractivity contribution is 0.0743. The third-order valence-electron chi connectivity index (χ3n) is 5.52. The van der Waals surface area contributed by atoms with Crippen molar-refractivity contribution in [2.75, 3.05) is 19.7 Å². The lowest BCUT2D eigenvalue weighted by atomic mass is 10.1. The van der Waals surface area contributed by atoms with E-state index in [2.05, 4.69) is 10.6 Å². The summed E-state index contributed by atoms with van der Waals surface area (Å²) >= 11 is 6.25. The van der Waals surface area contributed by atoms with Crippen LogP contribution in [-0.4, -0.2) is 44.0 Å². The summed E-state index contributed by atoms with van der Waals surface area (Å²) in [7, 11) is -3.68. The number of halogens is 1. The molecule has 7 nitrogen and oxygen atoms in total. The van der Waals surface area contributed by atoms with Crippen LogP contribution in [0.2, 0.25) is 5.02 Å². The highest BCUT2D eigenvalue weighted by molar-refractivity contribution is 7.89. The number of phenols is 1. The molecule has 0 fully saturated rings. The first kappa shape index (κ1) is 28.1. The van der Waals surface area contributed by atoms with Gasteiger partial charge in [0.1, 0.15) is 11.5 Å². The van der Waals surface area contributed by atoms with Gasteiger partial charge in [0.2, 0.25) is 10.0 Å². The zero-order valence-corrected chi connectivity index (χ0v) is 22.1. The summed E-state index contributed by atoms with van der Waals surface area (Å²) in [6.07, 6.45) is 6.45. The number of aromatic hydroxyl groups is 1. The standard InChI is InChI=1S/C28H29ClN2O5S/c1-3-16-30-37(34,35)26-12-5-21(6-13-26)15-17-31(28(33)22-7-10-25(32)11-8-22)20-23-19-24(29)9-14-27(23)36-18-4-2/h1,5-14,19,30,32H,4,15-18,20H2,2H3. The predicted molar refractivity (Wildman–Crippen MR) is 144 cm³/mol. The predicted octanol–water partition coefficient (Wildman–Crippen LogP) is 4.63. The molecule has 0 aliphatic carbocycles. The Morgan fingerprint density at radius 1 is 1.11 bits per heavy atom. The van der Waals surface area contributed by atoms with E-state index in [0.29, 0.717) is 35.9 Å². The maximum Gasteiger partial charge on any atom is 0.254 e. The molecule has 2 N–H and O–H groups in total. The van der Waals surface area contributed by atoms with Gasteiger partial charge in [-0.25, -0.2) is 8.42 Å². The monoisotopic (exact) mass is 540 g/mol. The van der Waals surface area contributed by atoms with Gasteiger partial charge in [0, 0.05) is 29.2 Å². The molecule has 37 heavy (non-hydrogen) atoms. The fourth-order valence-electron chi connectivity index (χ4n) is 3.59. The third-order valence-corrected chi connectivity index (χ3v) is 7.17. The van der Waals surface area contributed by atoms with Crippen LogP contribution in [0.15, 0.2) is 71.6 Å². The second-order valence-electron chi connectivity index (χ2n) is 8.30. The SMILES string of the molecule is C#CCNS(=O)(=O)c1ccc(CCN(Cc2cc(Cl)ccc2OCCC)C(=O)c2ccc(O)cc2)cc1. The number of rotatable bonds is 12. The number of nitrogens with one attached hydrogen (secondary N) is 1. The number of carbonyl (C=O) groups is 1. The number of nitrogens with zero attached hydrogens (tertiary/aromatic N) is 1. The Morgan fingerprint density at radius 2 is 1.81 bits per heavy atom. The first-order valence-electron chi connectivity index (χ1n) is 11.7. The second kappa shape index (κ2) is 13.2. The molecule has 0 aromatic heterocycles. The van der Waals surface area contributed by atoms with Gasteiger partial charge in [0.15, 0.2) is 0 Å². The van der Waals surface area contributed by atoms with Gasteiger partial charge in [-0.15, -0.1) is 6.42 Å². The lowest BCUT2D eigenvalue weighted by Crippen LogP contribution is -2.32. The van der Waals surface area contributed by atoms with Gasteiger partial charge < -0.3 is 14.7 Å². The Hall–Kier alpha value is -3.51. The van der Waals surface area contributed by atoms with E-state index >= 15 is 0 Å². The maximum atomic E-state index is 13.4. The van der Waals surface area contributed by atoms with E-state index in [9.17, 15) is 18.3 Å². The van der Waals surface area contributed by atoms with Crippen molar-refractivity contribution >= 4 is 27.5 Å². The molecule has 0 aliphatic rings. The smallest absolute Gasteiger partial charge is 0.254 e. The van der Waals surface area contributed by atoms with Gasteiger partial charge in [-0.1, -0.05) is 36.6 Å². The van der Waals surface area contributed by atoms with Crippen molar-refractivity contribution in [3.63, 3.8) is 0 Å². The van der Waals surface area contributed by atoms with Crippen LogP contribution in [0.25, 0.3) is 0 Å². The lowest BCUT2D eigenvalue weighted by Gasteiger charge is -2.24. The normalized spacial score (nSPS) is 11.1. The Balaban J connectivity index is 1.83. The molecule has 3 aromatic carbocycles. The zero-order chi connectivity index (χ0) is 26.8. The van der Waals surface area contributed by atoms with E-state index < -0.39 is 10.0 Å². The average Bonchev–Trinajstić information content (AvgIpc) is 2.89. The number of phenolic OH excluding ortho intramolecular Hbond substituents is 1. The van der Waals surface area contributed by atoms with E-state index in [1.165, 1.54) is 24.3 Å². The Morgan fingerprint density at radius 3 is 2.46 bits per heavy atom. The molecule has 0 heterocycles. The highest BCUT2D eigenvalue weighted by atomic mass is 35.5. The maximum absolute atomic E-state index is 13.4. The van der Waals surface area contributed by atoms with Crippen molar-refractivity contribution in [3.05, 3.63) is 88.4 Å². The molecule has 0 atom stereocenters. The Kier molecular flexibility index (Phi) is 9.98. The minimum absolute atomic E-state index is 0.0694. The van der Waals surface area contributed by atoms with Crippen LogP contribution >= 0.6 is 11.6 Å². The molecule has 0 bridgehead atoms. The van der Waals surface area contributed by atoms with Crippen LogP contribution in [0.4, 0.5) is 0 Å². The molecular weight excluding hydrogens is 512 g/mol. The van der Waals surface area contributed by atoms with E-state index in [1.807, 2.05) is 6.92 Å². The van der Waals surface area contributed by atoms with E-state index in [0.717, 1.165) is 17.5 Å². The van der Waals surface area contributed by atoms with E-state index in [-0.39, 0.29) is 29.6 Å². The van der Waals surface area contributed by atoms with Crippen molar-refractivity contribution in [1.82, 2.24) is 9.62 Å². The van der Waals surface area contributed by atoms with Crippen molar-refractivity contribution in [1.29, 1.82) is 0 Å². The van der Waals surface area contributed by atoms with Crippen LogP contribution in [0.1, 0.15) is 34.8 Å². The summed E-state index contributed by atoms with van der Waals surface area (Å²) in [5.74, 6) is 2.75. The van der Waals surface area contributed by atoms with Crippen molar-refractivity contribution in [2.45, 2.75) is 31.2 Å². The summed E-state index contributed by atoms with van der Waals surface area (Å²) in [5.41, 5.74) is 2.05. The molecular formula is C28H29ClN2O5S. The molecule has 1 amide bonds. The van der Waals surface area contributed by atoms with Gasteiger partial charge in [-0.3, -0.25) is 4.79 Å². The number of terminal acetylenes is 1. The Labute approximate surface area is 223 Å². The largest absolute Gasteiger partial charge is 0.508 e. The zero-order valence-electron chi connectivity index (χ0n) is 20.5. The summed E-state index contributed by atoms with van der Waals surface area (Å²) in [5, 5.41) is 10.2. The van der Waals surface area contributed by atoms with Crippen LogP contribution in [0.5, 0.6) is 11.5 Å². The highest BCUT2D eigenvalue weighted by Gasteiger charge is 2.19. The molecule has 3 aromatic rings. The molecule has 0 unspecified atom stereocenters. The van der Waals surface area contributed by atoms with Crippen LogP contribution in [-0.2, 0) is 23.0 Å². The first-order valence-corrected chi connectivity index (χ1v) is 13.6. The fourth-order valence-corrected chi connectivity index (χ4v) is 4.72. The quantitative estimate of drug-likeness (QED) is 0.326. The number of hydrogen-bond acceptors (Lipinski definition) is 5. The minimum atomic E-state index is -3.68. The molecule has 0 saturated heterocycles. The molecule has 194 valence electrons. The number of hydrogen-bond donors (Lipinski definition) is 2. The van der Waals surface area contributed by atoms with Gasteiger partial charge in [0.25, 0.3) is 5.91 Å². The molecule has 3 rings (SSSR count). The van der Waals surface area contributed by atoms with E-state index in [4.69, 9.17) is 22.8 Å². The van der Waals surface area contributed by atoms with E-state index in [1.54, 1.807) is 47.4 Å². The van der Waals surface area contributed by atoms with Gasteiger partial charge in [-0.2, -0.15) is 4.72 Å². The highest BCUT2D eigenvalue weighted by Crippen LogP contribution is 2.26. The number of ether oxygens (including phenoxy) is 1. The number of sulfonamides is 1. The summed E-state index contributed by atoms with van der Waals surface area (Å²) < 4.78 is 32.8. The third kappa shape index (κ3) is 7.99.